The maximum absolute atomic E-state index is 12.2. The van der Waals surface area contributed by atoms with Crippen LogP contribution in [0.3, 0.4) is 0 Å². The largest absolute Gasteiger partial charge is 0.341 e. The zero-order valence-corrected chi connectivity index (χ0v) is 12.2. The fourth-order valence-corrected chi connectivity index (χ4v) is 3.39. The molecule has 1 aliphatic carbocycles. The summed E-state index contributed by atoms with van der Waals surface area (Å²) in [6.07, 6.45) is 4.64. The van der Waals surface area contributed by atoms with Gasteiger partial charge >= 0.3 is 0 Å². The van der Waals surface area contributed by atoms with Crippen molar-refractivity contribution in [3.8, 4) is 0 Å². The number of likely N-dealkylation sites (tertiary alicyclic amines) is 1. The molecule has 1 heterocycles. The minimum absolute atomic E-state index is 0.0326. The van der Waals surface area contributed by atoms with Gasteiger partial charge in [-0.1, -0.05) is 30.3 Å². The third-order valence-corrected chi connectivity index (χ3v) is 4.68. The fourth-order valence-electron chi connectivity index (χ4n) is 3.39. The SMILES string of the molecule is CC(NC1CC(c2ccccc2)C1)C(=O)N1CCCC1. The lowest BCUT2D eigenvalue weighted by atomic mass is 9.75. The summed E-state index contributed by atoms with van der Waals surface area (Å²) in [5, 5.41) is 3.50. The number of benzene rings is 1. The van der Waals surface area contributed by atoms with Crippen molar-refractivity contribution in [1.82, 2.24) is 10.2 Å². The predicted molar refractivity (Wildman–Crippen MR) is 80.6 cm³/mol. The average molecular weight is 272 g/mol. The quantitative estimate of drug-likeness (QED) is 0.913. The summed E-state index contributed by atoms with van der Waals surface area (Å²) in [5.41, 5.74) is 1.43. The van der Waals surface area contributed by atoms with E-state index < -0.39 is 0 Å². The molecule has 3 rings (SSSR count). The molecule has 3 heteroatoms. The number of amides is 1. The minimum Gasteiger partial charge on any atom is -0.341 e. The molecule has 1 saturated heterocycles. The second-order valence-electron chi connectivity index (χ2n) is 6.20. The Bertz CT molecular complexity index is 447. The van der Waals surface area contributed by atoms with Crippen LogP contribution in [0.15, 0.2) is 30.3 Å². The van der Waals surface area contributed by atoms with E-state index in [1.165, 1.54) is 5.56 Å². The molecule has 20 heavy (non-hydrogen) atoms. The van der Waals surface area contributed by atoms with Crippen LogP contribution in [0.5, 0.6) is 0 Å². The van der Waals surface area contributed by atoms with Gasteiger partial charge in [-0.2, -0.15) is 0 Å². The zero-order chi connectivity index (χ0) is 13.9. The van der Waals surface area contributed by atoms with Crippen LogP contribution in [0.2, 0.25) is 0 Å². The van der Waals surface area contributed by atoms with Crippen molar-refractivity contribution in [2.75, 3.05) is 13.1 Å². The number of rotatable bonds is 4. The molecule has 3 nitrogen and oxygen atoms in total. The first-order valence-electron chi connectivity index (χ1n) is 7.84. The fraction of sp³-hybridized carbons (Fsp3) is 0.588. The van der Waals surface area contributed by atoms with Crippen LogP contribution in [0.1, 0.15) is 44.1 Å². The van der Waals surface area contributed by atoms with Crippen LogP contribution in [-0.4, -0.2) is 36.0 Å². The van der Waals surface area contributed by atoms with Crippen LogP contribution >= 0.6 is 0 Å². The van der Waals surface area contributed by atoms with Crippen molar-refractivity contribution < 1.29 is 4.79 Å². The van der Waals surface area contributed by atoms with E-state index in [0.717, 1.165) is 38.8 Å². The van der Waals surface area contributed by atoms with Crippen LogP contribution in [0, 0.1) is 0 Å². The van der Waals surface area contributed by atoms with Gasteiger partial charge in [0.2, 0.25) is 5.91 Å². The highest BCUT2D eigenvalue weighted by atomic mass is 16.2. The number of carbonyl (C=O) groups is 1. The standard InChI is InChI=1S/C17H24N2O/c1-13(17(20)19-9-5-6-10-19)18-16-11-15(12-16)14-7-3-2-4-8-14/h2-4,7-8,13,15-16,18H,5-6,9-12H2,1H3. The van der Waals surface area contributed by atoms with Gasteiger partial charge in [0, 0.05) is 19.1 Å². The molecule has 1 amide bonds. The molecule has 1 saturated carbocycles. The molecule has 1 aromatic carbocycles. The van der Waals surface area contributed by atoms with Gasteiger partial charge in [-0.3, -0.25) is 4.79 Å². The second-order valence-corrected chi connectivity index (χ2v) is 6.20. The lowest BCUT2D eigenvalue weighted by Crippen LogP contribution is -2.51. The molecular formula is C17H24N2O. The Kier molecular flexibility index (Phi) is 4.06. The van der Waals surface area contributed by atoms with Gasteiger partial charge in [0.15, 0.2) is 0 Å². The van der Waals surface area contributed by atoms with Gasteiger partial charge in [0.05, 0.1) is 6.04 Å². The Balaban J connectivity index is 1.45. The molecule has 1 aromatic rings. The molecule has 108 valence electrons. The Labute approximate surface area is 121 Å². The van der Waals surface area contributed by atoms with Crippen LogP contribution in [0.25, 0.3) is 0 Å². The normalized spacial score (nSPS) is 27.1. The topological polar surface area (TPSA) is 32.3 Å². The van der Waals surface area contributed by atoms with E-state index in [4.69, 9.17) is 0 Å². The summed E-state index contributed by atoms with van der Waals surface area (Å²) in [4.78, 5) is 14.2. The average Bonchev–Trinajstić information content (AvgIpc) is 2.96. The summed E-state index contributed by atoms with van der Waals surface area (Å²) in [6.45, 7) is 3.90. The van der Waals surface area contributed by atoms with Crippen molar-refractivity contribution in [2.24, 2.45) is 0 Å². The monoisotopic (exact) mass is 272 g/mol. The van der Waals surface area contributed by atoms with Crippen LogP contribution in [-0.2, 0) is 4.79 Å². The number of nitrogens with zero attached hydrogens (tertiary/aromatic N) is 1. The van der Waals surface area contributed by atoms with E-state index in [1.807, 2.05) is 11.8 Å². The third kappa shape index (κ3) is 2.88. The van der Waals surface area contributed by atoms with E-state index in [0.29, 0.717) is 12.0 Å². The number of hydrogen-bond donors (Lipinski definition) is 1. The van der Waals surface area contributed by atoms with Crippen LogP contribution < -0.4 is 5.32 Å². The summed E-state index contributed by atoms with van der Waals surface area (Å²) < 4.78 is 0. The summed E-state index contributed by atoms with van der Waals surface area (Å²) in [5.74, 6) is 0.952. The Morgan fingerprint density at radius 3 is 2.50 bits per heavy atom. The first kappa shape index (κ1) is 13.6. The molecule has 2 aliphatic rings. The van der Waals surface area contributed by atoms with Gasteiger partial charge in [-0.25, -0.2) is 0 Å². The molecule has 0 bridgehead atoms. The molecule has 0 spiro atoms. The van der Waals surface area contributed by atoms with Gasteiger partial charge in [-0.05, 0) is 44.1 Å². The molecule has 1 aliphatic heterocycles. The van der Waals surface area contributed by atoms with Crippen molar-refractivity contribution in [3.05, 3.63) is 35.9 Å². The maximum atomic E-state index is 12.2. The molecule has 1 N–H and O–H groups in total. The van der Waals surface area contributed by atoms with E-state index in [1.54, 1.807) is 0 Å². The lowest BCUT2D eigenvalue weighted by molar-refractivity contribution is -0.132. The van der Waals surface area contributed by atoms with Gasteiger partial charge < -0.3 is 10.2 Å². The molecule has 1 atom stereocenters. The maximum Gasteiger partial charge on any atom is 0.239 e. The zero-order valence-electron chi connectivity index (χ0n) is 12.2. The Hall–Kier alpha value is -1.35. The molecular weight excluding hydrogens is 248 g/mol. The predicted octanol–water partition coefficient (Wildman–Crippen LogP) is 2.53. The van der Waals surface area contributed by atoms with E-state index in [-0.39, 0.29) is 11.9 Å². The first-order valence-corrected chi connectivity index (χ1v) is 7.84. The number of nitrogens with one attached hydrogen (secondary N) is 1. The van der Waals surface area contributed by atoms with Crippen molar-refractivity contribution in [3.63, 3.8) is 0 Å². The van der Waals surface area contributed by atoms with Gasteiger partial charge in [0.25, 0.3) is 0 Å². The Morgan fingerprint density at radius 2 is 1.85 bits per heavy atom. The number of carbonyl (C=O) groups excluding carboxylic acids is 1. The van der Waals surface area contributed by atoms with E-state index in [9.17, 15) is 4.79 Å². The van der Waals surface area contributed by atoms with Gasteiger partial charge in [-0.15, -0.1) is 0 Å². The molecule has 0 aromatic heterocycles. The lowest BCUT2D eigenvalue weighted by Gasteiger charge is -2.38. The third-order valence-electron chi connectivity index (χ3n) is 4.68. The van der Waals surface area contributed by atoms with Crippen molar-refractivity contribution in [2.45, 2.75) is 50.6 Å². The summed E-state index contributed by atoms with van der Waals surface area (Å²) in [7, 11) is 0. The van der Waals surface area contributed by atoms with Gasteiger partial charge in [0.1, 0.15) is 0 Å². The van der Waals surface area contributed by atoms with E-state index in [2.05, 4.69) is 35.6 Å². The first-order chi connectivity index (χ1) is 9.74. The Morgan fingerprint density at radius 1 is 1.20 bits per heavy atom. The summed E-state index contributed by atoms with van der Waals surface area (Å²) in [6, 6.07) is 11.2. The molecule has 2 fully saturated rings. The summed E-state index contributed by atoms with van der Waals surface area (Å²) >= 11 is 0. The highest BCUT2D eigenvalue weighted by molar-refractivity contribution is 5.81. The van der Waals surface area contributed by atoms with Crippen LogP contribution in [0.4, 0.5) is 0 Å². The molecule has 0 radical (unpaired) electrons. The highest BCUT2D eigenvalue weighted by Crippen LogP contribution is 2.36. The smallest absolute Gasteiger partial charge is 0.239 e. The number of hydrogen-bond acceptors (Lipinski definition) is 2. The van der Waals surface area contributed by atoms with Crippen molar-refractivity contribution >= 4 is 5.91 Å². The van der Waals surface area contributed by atoms with Crippen molar-refractivity contribution in [1.29, 1.82) is 0 Å². The second kappa shape index (κ2) is 5.96. The minimum atomic E-state index is -0.0326. The highest BCUT2D eigenvalue weighted by Gasteiger charge is 2.33. The van der Waals surface area contributed by atoms with E-state index >= 15 is 0 Å². The molecule has 1 unspecified atom stereocenters.